The number of unbranched alkanes of at least 4 members (excludes halogenated alkanes) is 3. The number of sulfone groups is 1. The molecule has 1 rings (SSSR count). The highest BCUT2D eigenvalue weighted by molar-refractivity contribution is 7.90. The summed E-state index contributed by atoms with van der Waals surface area (Å²) in [5, 5.41) is 0. The normalized spacial score (nSPS) is 11.4. The number of esters is 1. The molecule has 0 aliphatic rings. The molecule has 0 spiro atoms. The van der Waals surface area contributed by atoms with Gasteiger partial charge in [-0.15, -0.1) is 0 Å². The number of benzene rings is 1. The third kappa shape index (κ3) is 4.81. The lowest BCUT2D eigenvalue weighted by atomic mass is 10.0. The van der Waals surface area contributed by atoms with Crippen LogP contribution in [0.4, 0.5) is 4.39 Å². The van der Waals surface area contributed by atoms with Crippen molar-refractivity contribution in [3.63, 3.8) is 0 Å². The van der Waals surface area contributed by atoms with Crippen molar-refractivity contribution < 1.29 is 22.3 Å². The van der Waals surface area contributed by atoms with Gasteiger partial charge in [-0.2, -0.15) is 0 Å². The molecule has 0 saturated heterocycles. The van der Waals surface area contributed by atoms with Gasteiger partial charge in [-0.1, -0.05) is 26.2 Å². The second-order valence-electron chi connectivity index (χ2n) is 5.01. The van der Waals surface area contributed by atoms with Crippen molar-refractivity contribution >= 4 is 15.8 Å². The minimum Gasteiger partial charge on any atom is -0.465 e. The molecule has 4 nitrogen and oxygen atoms in total. The average Bonchev–Trinajstić information content (AvgIpc) is 2.41. The first-order valence-corrected chi connectivity index (χ1v) is 8.81. The first-order valence-electron chi connectivity index (χ1n) is 6.92. The smallest absolute Gasteiger partial charge is 0.340 e. The van der Waals surface area contributed by atoms with Gasteiger partial charge in [0.05, 0.1) is 17.6 Å². The highest BCUT2D eigenvalue weighted by Gasteiger charge is 2.21. The summed E-state index contributed by atoms with van der Waals surface area (Å²) in [6, 6.07) is 2.21. The number of carbonyl (C=O) groups is 1. The molecule has 21 heavy (non-hydrogen) atoms. The van der Waals surface area contributed by atoms with Crippen LogP contribution in [-0.4, -0.2) is 27.8 Å². The topological polar surface area (TPSA) is 60.4 Å². The van der Waals surface area contributed by atoms with Crippen molar-refractivity contribution in [2.24, 2.45) is 0 Å². The van der Waals surface area contributed by atoms with Crippen LogP contribution in [0.1, 0.15) is 48.5 Å². The van der Waals surface area contributed by atoms with E-state index >= 15 is 0 Å². The Balaban J connectivity index is 3.18. The molecule has 118 valence electrons. The summed E-state index contributed by atoms with van der Waals surface area (Å²) in [7, 11) is -2.41. The van der Waals surface area contributed by atoms with E-state index in [2.05, 4.69) is 11.7 Å². The Hall–Kier alpha value is -1.43. The molecular weight excluding hydrogens is 295 g/mol. The molecule has 0 unspecified atom stereocenters. The first-order chi connectivity index (χ1) is 9.81. The van der Waals surface area contributed by atoms with Crippen molar-refractivity contribution in [1.82, 2.24) is 0 Å². The van der Waals surface area contributed by atoms with Crippen LogP contribution in [0.25, 0.3) is 0 Å². The van der Waals surface area contributed by atoms with E-state index in [0.29, 0.717) is 12.0 Å². The molecule has 0 fully saturated rings. The summed E-state index contributed by atoms with van der Waals surface area (Å²) in [5.74, 6) is -1.63. The van der Waals surface area contributed by atoms with Gasteiger partial charge in [0.1, 0.15) is 5.82 Å². The van der Waals surface area contributed by atoms with Crippen LogP contribution in [0.15, 0.2) is 17.0 Å². The van der Waals surface area contributed by atoms with E-state index in [0.717, 1.165) is 51.2 Å². The third-order valence-corrected chi connectivity index (χ3v) is 4.43. The molecule has 0 aromatic heterocycles. The Kier molecular flexibility index (Phi) is 6.33. The summed E-state index contributed by atoms with van der Waals surface area (Å²) in [4.78, 5) is 11.5. The molecule has 1 aromatic rings. The zero-order chi connectivity index (χ0) is 16.0. The summed E-state index contributed by atoms with van der Waals surface area (Å²) in [6.07, 6.45) is 5.39. The van der Waals surface area contributed by atoms with Crippen LogP contribution in [0.5, 0.6) is 0 Å². The van der Waals surface area contributed by atoms with Gasteiger partial charge in [-0.05, 0) is 30.5 Å². The lowest BCUT2D eigenvalue weighted by Gasteiger charge is -2.11. The fourth-order valence-corrected chi connectivity index (χ4v) is 3.11. The van der Waals surface area contributed by atoms with E-state index in [4.69, 9.17) is 0 Å². The van der Waals surface area contributed by atoms with E-state index < -0.39 is 21.6 Å². The molecule has 6 heteroatoms. The zero-order valence-electron chi connectivity index (χ0n) is 12.6. The molecule has 0 heterocycles. The standard InChI is InChI=1S/C15H21FO4S/c1-4-5-6-7-8-11-9-13(16)12(15(17)20-2)10-14(11)21(3,18)19/h9-10H,4-8H2,1-3H3. The van der Waals surface area contributed by atoms with E-state index in [1.165, 1.54) is 0 Å². The Bertz CT molecular complexity index is 608. The van der Waals surface area contributed by atoms with Crippen molar-refractivity contribution in [3.8, 4) is 0 Å². The van der Waals surface area contributed by atoms with Crippen LogP contribution < -0.4 is 0 Å². The van der Waals surface area contributed by atoms with Gasteiger partial charge in [0.2, 0.25) is 0 Å². The molecule has 0 atom stereocenters. The zero-order valence-corrected chi connectivity index (χ0v) is 13.4. The number of aryl methyl sites for hydroxylation is 1. The minimum atomic E-state index is -3.53. The van der Waals surface area contributed by atoms with E-state index in [1.807, 2.05) is 0 Å². The summed E-state index contributed by atoms with van der Waals surface area (Å²) < 4.78 is 42.1. The quantitative estimate of drug-likeness (QED) is 0.440. The number of ether oxygens (including phenoxy) is 1. The second-order valence-corrected chi connectivity index (χ2v) is 7.00. The van der Waals surface area contributed by atoms with Crippen molar-refractivity contribution in [2.75, 3.05) is 13.4 Å². The number of rotatable bonds is 7. The van der Waals surface area contributed by atoms with Gasteiger partial charge in [0.25, 0.3) is 0 Å². The molecule has 0 amide bonds. The number of hydrogen-bond acceptors (Lipinski definition) is 4. The molecule has 0 N–H and O–H groups in total. The highest BCUT2D eigenvalue weighted by atomic mass is 32.2. The number of methoxy groups -OCH3 is 1. The maximum absolute atomic E-state index is 13.9. The Morgan fingerprint density at radius 3 is 2.43 bits per heavy atom. The van der Waals surface area contributed by atoms with Gasteiger partial charge in [0, 0.05) is 6.26 Å². The fourth-order valence-electron chi connectivity index (χ4n) is 2.14. The van der Waals surface area contributed by atoms with Crippen LogP contribution in [0.3, 0.4) is 0 Å². The molecular formula is C15H21FO4S. The number of carbonyl (C=O) groups excluding carboxylic acids is 1. The average molecular weight is 316 g/mol. The molecule has 0 aliphatic heterocycles. The van der Waals surface area contributed by atoms with E-state index in [-0.39, 0.29) is 10.5 Å². The van der Waals surface area contributed by atoms with Crippen LogP contribution in [0.2, 0.25) is 0 Å². The van der Waals surface area contributed by atoms with Crippen LogP contribution >= 0.6 is 0 Å². The molecule has 1 aromatic carbocycles. The van der Waals surface area contributed by atoms with Gasteiger partial charge in [-0.25, -0.2) is 17.6 Å². The predicted molar refractivity (Wildman–Crippen MR) is 78.7 cm³/mol. The predicted octanol–water partition coefficient (Wildman–Crippen LogP) is 3.14. The van der Waals surface area contributed by atoms with Crippen molar-refractivity contribution in [2.45, 2.75) is 43.9 Å². The largest absolute Gasteiger partial charge is 0.465 e. The molecule has 0 radical (unpaired) electrons. The molecule has 0 saturated carbocycles. The first kappa shape index (κ1) is 17.6. The Labute approximate surface area is 125 Å². The van der Waals surface area contributed by atoms with E-state index in [9.17, 15) is 17.6 Å². The molecule has 0 aliphatic carbocycles. The lowest BCUT2D eigenvalue weighted by Crippen LogP contribution is -2.10. The number of halogens is 1. The summed E-state index contributed by atoms with van der Waals surface area (Å²) in [6.45, 7) is 2.08. The van der Waals surface area contributed by atoms with Crippen LogP contribution in [-0.2, 0) is 21.0 Å². The highest BCUT2D eigenvalue weighted by Crippen LogP contribution is 2.23. The molecule has 0 bridgehead atoms. The number of hydrogen-bond donors (Lipinski definition) is 0. The fraction of sp³-hybridized carbons (Fsp3) is 0.533. The van der Waals surface area contributed by atoms with Gasteiger partial charge in [-0.3, -0.25) is 0 Å². The maximum atomic E-state index is 13.9. The van der Waals surface area contributed by atoms with Crippen molar-refractivity contribution in [1.29, 1.82) is 0 Å². The van der Waals surface area contributed by atoms with E-state index in [1.54, 1.807) is 0 Å². The van der Waals surface area contributed by atoms with Crippen LogP contribution in [0, 0.1) is 5.82 Å². The Morgan fingerprint density at radius 1 is 1.24 bits per heavy atom. The summed E-state index contributed by atoms with van der Waals surface area (Å²) >= 11 is 0. The minimum absolute atomic E-state index is 0.000739. The lowest BCUT2D eigenvalue weighted by molar-refractivity contribution is 0.0595. The maximum Gasteiger partial charge on any atom is 0.340 e. The third-order valence-electron chi connectivity index (χ3n) is 3.25. The SMILES string of the molecule is CCCCCCc1cc(F)c(C(=O)OC)cc1S(C)(=O)=O. The Morgan fingerprint density at radius 2 is 1.90 bits per heavy atom. The van der Waals surface area contributed by atoms with Gasteiger partial charge >= 0.3 is 5.97 Å². The van der Waals surface area contributed by atoms with Gasteiger partial charge < -0.3 is 4.74 Å². The summed E-state index contributed by atoms with van der Waals surface area (Å²) in [5.41, 5.74) is 0.0639. The monoisotopic (exact) mass is 316 g/mol. The van der Waals surface area contributed by atoms with Gasteiger partial charge in [0.15, 0.2) is 9.84 Å². The van der Waals surface area contributed by atoms with Crippen molar-refractivity contribution in [3.05, 3.63) is 29.1 Å². The second kappa shape index (κ2) is 7.54.